The van der Waals surface area contributed by atoms with Crippen molar-refractivity contribution in [3.05, 3.63) is 60.8 Å². The molecule has 0 aromatic heterocycles. The van der Waals surface area contributed by atoms with Crippen LogP contribution in [0.5, 0.6) is 0 Å². The Morgan fingerprint density at radius 2 is 1.43 bits per heavy atom. The first-order valence-electron chi connectivity index (χ1n) is 5.18. The molecule has 14 heavy (non-hydrogen) atoms. The molecule has 0 aliphatic heterocycles. The lowest BCUT2D eigenvalue weighted by Crippen LogP contribution is -1.67. The zero-order chi connectivity index (χ0) is 9.90. The minimum atomic E-state index is 0.998. The highest BCUT2D eigenvalue weighted by Crippen LogP contribution is 1.97. The number of rotatable bonds is 0. The molecule has 0 nitrogen and oxygen atoms in total. The summed E-state index contributed by atoms with van der Waals surface area (Å²) in [5.74, 6) is 0. The van der Waals surface area contributed by atoms with E-state index in [1.807, 2.05) is 6.08 Å². The van der Waals surface area contributed by atoms with E-state index in [0.29, 0.717) is 0 Å². The SMILES string of the molecule is [C]1=C/C=C\C/C=C\C=C\C/C=C/CC/1. The molecule has 0 heteroatoms. The smallest absolute Gasteiger partial charge is 0.0163 e. The molecule has 1 rings (SSSR count). The fourth-order valence-corrected chi connectivity index (χ4v) is 1.15. The van der Waals surface area contributed by atoms with E-state index in [1.54, 1.807) is 0 Å². The molecule has 1 radical (unpaired) electrons. The van der Waals surface area contributed by atoms with E-state index >= 15 is 0 Å². The molecule has 0 spiro atoms. The molecule has 0 amide bonds. The standard InChI is InChI=1S/C14H17/c1-2-4-6-8-10-12-14-13-11-9-7-5-3-1/h1-4,7-11H,5-6,12,14H2/b3-1-,4-2+,9-7-,10-8+,13-11?. The Bertz CT molecular complexity index is 262. The zero-order valence-electron chi connectivity index (χ0n) is 8.52. The highest BCUT2D eigenvalue weighted by atomic mass is 13.8. The molecule has 0 N–H and O–H groups in total. The Morgan fingerprint density at radius 1 is 0.714 bits per heavy atom. The third kappa shape index (κ3) is 6.24. The van der Waals surface area contributed by atoms with Crippen molar-refractivity contribution in [2.24, 2.45) is 0 Å². The monoisotopic (exact) mass is 185 g/mol. The van der Waals surface area contributed by atoms with Crippen molar-refractivity contribution in [1.82, 2.24) is 0 Å². The van der Waals surface area contributed by atoms with E-state index in [2.05, 4.69) is 54.7 Å². The van der Waals surface area contributed by atoms with Crippen LogP contribution < -0.4 is 0 Å². The molecule has 1 aliphatic rings. The number of hydrogen-bond donors (Lipinski definition) is 0. The predicted molar refractivity (Wildman–Crippen MR) is 62.8 cm³/mol. The first-order chi connectivity index (χ1) is 7.00. The maximum atomic E-state index is 3.23. The Balaban J connectivity index is 2.45. The Hall–Kier alpha value is -1.30. The number of allylic oxidation sites excluding steroid dienone is 10. The molecular formula is C14H17. The van der Waals surface area contributed by atoms with Gasteiger partial charge >= 0.3 is 0 Å². The normalized spacial score (nSPS) is 29.7. The molecule has 0 atom stereocenters. The molecule has 0 aromatic carbocycles. The average molecular weight is 185 g/mol. The van der Waals surface area contributed by atoms with Gasteiger partial charge in [-0.3, -0.25) is 0 Å². The molecule has 73 valence electrons. The van der Waals surface area contributed by atoms with Crippen LogP contribution in [0.2, 0.25) is 0 Å². The fraction of sp³-hybridized carbons (Fsp3) is 0.286. The Labute approximate surface area is 87.0 Å². The Kier molecular flexibility index (Phi) is 6.39. The maximum Gasteiger partial charge on any atom is -0.0163 e. The average Bonchev–Trinajstić information content (AvgIpc) is 2.22. The highest BCUT2D eigenvalue weighted by Gasteiger charge is 1.77. The summed E-state index contributed by atoms with van der Waals surface area (Å²) in [5, 5.41) is 0. The van der Waals surface area contributed by atoms with Crippen LogP contribution in [0.25, 0.3) is 0 Å². The lowest BCUT2D eigenvalue weighted by atomic mass is 10.2. The van der Waals surface area contributed by atoms with Crippen LogP contribution in [-0.2, 0) is 0 Å². The van der Waals surface area contributed by atoms with Gasteiger partial charge in [-0.15, -0.1) is 0 Å². The maximum absolute atomic E-state index is 3.23. The lowest BCUT2D eigenvalue weighted by molar-refractivity contribution is 1.02. The van der Waals surface area contributed by atoms with Gasteiger partial charge in [0.25, 0.3) is 0 Å². The summed E-state index contributed by atoms with van der Waals surface area (Å²) >= 11 is 0. The van der Waals surface area contributed by atoms with Gasteiger partial charge in [-0.25, -0.2) is 0 Å². The van der Waals surface area contributed by atoms with Crippen LogP contribution in [-0.4, -0.2) is 0 Å². The highest BCUT2D eigenvalue weighted by molar-refractivity contribution is 5.09. The summed E-state index contributed by atoms with van der Waals surface area (Å²) in [5.41, 5.74) is 0. The van der Waals surface area contributed by atoms with Crippen LogP contribution in [0.3, 0.4) is 0 Å². The van der Waals surface area contributed by atoms with Gasteiger partial charge in [0.05, 0.1) is 0 Å². The molecule has 0 aromatic rings. The largest absolute Gasteiger partial charge is 0.0879 e. The van der Waals surface area contributed by atoms with Crippen LogP contribution >= 0.6 is 0 Å². The van der Waals surface area contributed by atoms with Crippen molar-refractivity contribution >= 4 is 0 Å². The van der Waals surface area contributed by atoms with Gasteiger partial charge in [0.15, 0.2) is 0 Å². The summed E-state index contributed by atoms with van der Waals surface area (Å²) in [4.78, 5) is 0. The van der Waals surface area contributed by atoms with E-state index in [0.717, 1.165) is 25.7 Å². The molecule has 0 fully saturated rings. The molecule has 0 saturated heterocycles. The quantitative estimate of drug-likeness (QED) is 0.497. The Morgan fingerprint density at radius 3 is 2.29 bits per heavy atom. The summed E-state index contributed by atoms with van der Waals surface area (Å²) in [6, 6.07) is 0. The van der Waals surface area contributed by atoms with Gasteiger partial charge in [-0.05, 0) is 31.8 Å². The first-order valence-corrected chi connectivity index (χ1v) is 5.18. The van der Waals surface area contributed by atoms with E-state index in [4.69, 9.17) is 0 Å². The lowest BCUT2D eigenvalue weighted by Gasteiger charge is -1.86. The molecule has 0 unspecified atom stereocenters. The van der Waals surface area contributed by atoms with Crippen molar-refractivity contribution in [2.45, 2.75) is 25.7 Å². The van der Waals surface area contributed by atoms with Crippen molar-refractivity contribution < 1.29 is 0 Å². The van der Waals surface area contributed by atoms with Gasteiger partial charge in [0, 0.05) is 0 Å². The zero-order valence-corrected chi connectivity index (χ0v) is 8.52. The molecule has 1 aliphatic carbocycles. The molecular weight excluding hydrogens is 168 g/mol. The van der Waals surface area contributed by atoms with Crippen molar-refractivity contribution in [3.63, 3.8) is 0 Å². The minimum absolute atomic E-state index is 0.998. The second-order valence-corrected chi connectivity index (χ2v) is 3.14. The summed E-state index contributed by atoms with van der Waals surface area (Å²) in [6.07, 6.45) is 26.5. The summed E-state index contributed by atoms with van der Waals surface area (Å²) in [7, 11) is 0. The first kappa shape index (κ1) is 10.8. The number of hydrogen-bond acceptors (Lipinski definition) is 0. The van der Waals surface area contributed by atoms with Crippen LogP contribution in [0.4, 0.5) is 0 Å². The summed E-state index contributed by atoms with van der Waals surface area (Å²) < 4.78 is 0. The van der Waals surface area contributed by atoms with Crippen molar-refractivity contribution in [1.29, 1.82) is 0 Å². The van der Waals surface area contributed by atoms with Gasteiger partial charge in [0.1, 0.15) is 0 Å². The topological polar surface area (TPSA) is 0 Å². The van der Waals surface area contributed by atoms with Crippen LogP contribution in [0.1, 0.15) is 25.7 Å². The van der Waals surface area contributed by atoms with Crippen molar-refractivity contribution in [3.8, 4) is 0 Å². The third-order valence-corrected chi connectivity index (χ3v) is 1.90. The molecule has 0 bridgehead atoms. The van der Waals surface area contributed by atoms with Crippen LogP contribution in [0.15, 0.2) is 54.7 Å². The molecule has 0 heterocycles. The van der Waals surface area contributed by atoms with Crippen molar-refractivity contribution in [2.75, 3.05) is 0 Å². The summed E-state index contributed by atoms with van der Waals surface area (Å²) in [6.45, 7) is 0. The molecule has 0 saturated carbocycles. The third-order valence-electron chi connectivity index (χ3n) is 1.90. The van der Waals surface area contributed by atoms with Gasteiger partial charge in [0.2, 0.25) is 0 Å². The fourth-order valence-electron chi connectivity index (χ4n) is 1.15. The minimum Gasteiger partial charge on any atom is -0.0879 e. The van der Waals surface area contributed by atoms with Crippen LogP contribution in [0, 0.1) is 6.08 Å². The second-order valence-electron chi connectivity index (χ2n) is 3.14. The predicted octanol–water partition coefficient (Wildman–Crippen LogP) is 4.14. The van der Waals surface area contributed by atoms with Gasteiger partial charge < -0.3 is 0 Å². The second kappa shape index (κ2) is 8.31. The van der Waals surface area contributed by atoms with E-state index in [-0.39, 0.29) is 0 Å². The van der Waals surface area contributed by atoms with Gasteiger partial charge in [-0.2, -0.15) is 0 Å². The van der Waals surface area contributed by atoms with E-state index in [9.17, 15) is 0 Å². The van der Waals surface area contributed by atoms with E-state index in [1.165, 1.54) is 0 Å². The van der Waals surface area contributed by atoms with Gasteiger partial charge in [-0.1, -0.05) is 54.7 Å². The van der Waals surface area contributed by atoms with E-state index < -0.39 is 0 Å².